The molecular weight excluding hydrogens is 242 g/mol. The van der Waals surface area contributed by atoms with Gasteiger partial charge in [0.15, 0.2) is 0 Å². The van der Waals surface area contributed by atoms with Crippen molar-refractivity contribution in [3.63, 3.8) is 0 Å². The number of carbonyl (C=O) groups excluding carboxylic acids is 1. The molecule has 1 aromatic heterocycles. The van der Waals surface area contributed by atoms with Crippen LogP contribution in [0.15, 0.2) is 30.5 Å². The summed E-state index contributed by atoms with van der Waals surface area (Å²) in [5.74, 6) is 0.599. The third kappa shape index (κ3) is 2.31. The molecule has 0 unspecified atom stereocenters. The van der Waals surface area contributed by atoms with Crippen LogP contribution in [0, 0.1) is 0 Å². The van der Waals surface area contributed by atoms with Gasteiger partial charge in [-0.2, -0.15) is 5.10 Å². The van der Waals surface area contributed by atoms with Gasteiger partial charge in [-0.15, -0.1) is 0 Å². The molecule has 1 aromatic carbocycles. The summed E-state index contributed by atoms with van der Waals surface area (Å²) >= 11 is 0. The Hall–Kier alpha value is -2.30. The van der Waals surface area contributed by atoms with Crippen molar-refractivity contribution < 1.29 is 9.53 Å². The first kappa shape index (κ1) is 13.1. The number of para-hydroxylation sites is 2. The molecule has 1 amide bonds. The van der Waals surface area contributed by atoms with Crippen molar-refractivity contribution in [2.45, 2.75) is 13.3 Å². The number of methoxy groups -OCH3 is 1. The van der Waals surface area contributed by atoms with Crippen molar-refractivity contribution >= 4 is 5.91 Å². The lowest BCUT2D eigenvalue weighted by Crippen LogP contribution is -2.19. The van der Waals surface area contributed by atoms with E-state index in [0.29, 0.717) is 12.0 Å². The number of ether oxygens (including phenoxy) is 1. The molecule has 0 aliphatic heterocycles. The van der Waals surface area contributed by atoms with Crippen LogP contribution in [-0.2, 0) is 6.42 Å². The molecule has 1 N–H and O–H groups in total. The van der Waals surface area contributed by atoms with Gasteiger partial charge in [-0.05, 0) is 18.6 Å². The summed E-state index contributed by atoms with van der Waals surface area (Å²) in [4.78, 5) is 11.8. The Labute approximate surface area is 112 Å². The minimum atomic E-state index is -0.127. The zero-order valence-electron chi connectivity index (χ0n) is 11.3. The first-order chi connectivity index (χ1) is 9.22. The second-order valence-electron chi connectivity index (χ2n) is 4.02. The molecule has 0 aliphatic rings. The lowest BCUT2D eigenvalue weighted by molar-refractivity contribution is 0.0962. The van der Waals surface area contributed by atoms with E-state index in [-0.39, 0.29) is 5.91 Å². The number of rotatable bonds is 4. The fourth-order valence-electron chi connectivity index (χ4n) is 2.05. The molecule has 19 heavy (non-hydrogen) atoms. The van der Waals surface area contributed by atoms with Gasteiger partial charge in [-0.25, -0.2) is 4.68 Å². The fourth-order valence-corrected chi connectivity index (χ4v) is 2.05. The zero-order valence-corrected chi connectivity index (χ0v) is 11.3. The number of nitrogens with zero attached hydrogens (tertiary/aromatic N) is 2. The SMILES string of the molecule is CCc1c(C(=O)NC)cnn1-c1ccccc1OC. The Balaban J connectivity index is 2.57. The molecule has 5 heteroatoms. The highest BCUT2D eigenvalue weighted by molar-refractivity contribution is 5.95. The van der Waals surface area contributed by atoms with E-state index >= 15 is 0 Å². The van der Waals surface area contributed by atoms with Crippen LogP contribution < -0.4 is 10.1 Å². The number of hydrogen-bond acceptors (Lipinski definition) is 3. The fraction of sp³-hybridized carbons (Fsp3) is 0.286. The van der Waals surface area contributed by atoms with Crippen molar-refractivity contribution in [2.24, 2.45) is 0 Å². The summed E-state index contributed by atoms with van der Waals surface area (Å²) in [5.41, 5.74) is 2.29. The summed E-state index contributed by atoms with van der Waals surface area (Å²) in [6, 6.07) is 7.60. The van der Waals surface area contributed by atoms with Crippen LogP contribution in [0.4, 0.5) is 0 Å². The number of amides is 1. The van der Waals surface area contributed by atoms with Crippen LogP contribution in [0.3, 0.4) is 0 Å². The predicted octanol–water partition coefficient (Wildman–Crippen LogP) is 1.80. The second kappa shape index (κ2) is 5.56. The standard InChI is InChI=1S/C14H17N3O2/c1-4-11-10(14(18)15-2)9-16-17(11)12-7-5-6-8-13(12)19-3/h5-9H,4H2,1-3H3,(H,15,18). The molecule has 0 saturated heterocycles. The molecule has 0 aliphatic carbocycles. The van der Waals surface area contributed by atoms with E-state index in [1.165, 1.54) is 0 Å². The molecular formula is C14H17N3O2. The maximum Gasteiger partial charge on any atom is 0.254 e. The maximum atomic E-state index is 11.8. The summed E-state index contributed by atoms with van der Waals surface area (Å²) < 4.78 is 7.09. The van der Waals surface area contributed by atoms with Gasteiger partial charge in [0.2, 0.25) is 0 Å². The lowest BCUT2D eigenvalue weighted by atomic mass is 10.2. The Morgan fingerprint density at radius 1 is 1.42 bits per heavy atom. The molecule has 2 aromatic rings. The number of carbonyl (C=O) groups is 1. The average molecular weight is 259 g/mol. The molecule has 0 saturated carbocycles. The van der Waals surface area contributed by atoms with E-state index in [4.69, 9.17) is 4.74 Å². The topological polar surface area (TPSA) is 56.2 Å². The van der Waals surface area contributed by atoms with Crippen LogP contribution in [-0.4, -0.2) is 29.8 Å². The molecule has 5 nitrogen and oxygen atoms in total. The first-order valence-electron chi connectivity index (χ1n) is 6.15. The van der Waals surface area contributed by atoms with Crippen molar-refractivity contribution in [3.8, 4) is 11.4 Å². The van der Waals surface area contributed by atoms with Crippen molar-refractivity contribution in [1.29, 1.82) is 0 Å². The molecule has 1 heterocycles. The molecule has 100 valence electrons. The van der Waals surface area contributed by atoms with Crippen LogP contribution in [0.1, 0.15) is 23.0 Å². The van der Waals surface area contributed by atoms with Crippen LogP contribution in [0.2, 0.25) is 0 Å². The highest BCUT2D eigenvalue weighted by Gasteiger charge is 2.17. The lowest BCUT2D eigenvalue weighted by Gasteiger charge is -2.11. The van der Waals surface area contributed by atoms with Crippen LogP contribution >= 0.6 is 0 Å². The van der Waals surface area contributed by atoms with Gasteiger partial charge in [-0.1, -0.05) is 19.1 Å². The van der Waals surface area contributed by atoms with Crippen molar-refractivity contribution in [1.82, 2.24) is 15.1 Å². The van der Waals surface area contributed by atoms with E-state index in [1.54, 1.807) is 25.0 Å². The Morgan fingerprint density at radius 2 is 2.16 bits per heavy atom. The summed E-state index contributed by atoms with van der Waals surface area (Å²) in [7, 11) is 3.23. The summed E-state index contributed by atoms with van der Waals surface area (Å²) in [5, 5.41) is 6.94. The van der Waals surface area contributed by atoms with E-state index in [2.05, 4.69) is 10.4 Å². The van der Waals surface area contributed by atoms with Gasteiger partial charge in [0.05, 0.1) is 24.6 Å². The Bertz CT molecular complexity index is 590. The molecule has 0 atom stereocenters. The number of nitrogens with one attached hydrogen (secondary N) is 1. The number of hydrogen-bond donors (Lipinski definition) is 1. The highest BCUT2D eigenvalue weighted by atomic mass is 16.5. The van der Waals surface area contributed by atoms with Crippen molar-refractivity contribution in [3.05, 3.63) is 41.7 Å². The number of aromatic nitrogens is 2. The van der Waals surface area contributed by atoms with Crippen molar-refractivity contribution in [2.75, 3.05) is 14.2 Å². The van der Waals surface area contributed by atoms with Gasteiger partial charge < -0.3 is 10.1 Å². The Morgan fingerprint density at radius 3 is 2.79 bits per heavy atom. The van der Waals surface area contributed by atoms with E-state index in [1.807, 2.05) is 31.2 Å². The number of benzene rings is 1. The summed E-state index contributed by atoms with van der Waals surface area (Å²) in [6.07, 6.45) is 2.30. The Kier molecular flexibility index (Phi) is 3.85. The third-order valence-electron chi connectivity index (χ3n) is 2.99. The molecule has 0 bridgehead atoms. The van der Waals surface area contributed by atoms with E-state index < -0.39 is 0 Å². The van der Waals surface area contributed by atoms with Gasteiger partial charge >= 0.3 is 0 Å². The molecule has 0 spiro atoms. The molecule has 0 radical (unpaired) electrons. The third-order valence-corrected chi connectivity index (χ3v) is 2.99. The normalized spacial score (nSPS) is 10.3. The minimum absolute atomic E-state index is 0.127. The quantitative estimate of drug-likeness (QED) is 0.911. The van der Waals surface area contributed by atoms with Gasteiger partial charge in [0, 0.05) is 7.05 Å². The monoisotopic (exact) mass is 259 g/mol. The predicted molar refractivity (Wildman–Crippen MR) is 72.9 cm³/mol. The van der Waals surface area contributed by atoms with Crippen LogP contribution in [0.25, 0.3) is 5.69 Å². The zero-order chi connectivity index (χ0) is 13.8. The van der Waals surface area contributed by atoms with E-state index in [9.17, 15) is 4.79 Å². The molecule has 0 fully saturated rings. The van der Waals surface area contributed by atoms with E-state index in [0.717, 1.165) is 17.1 Å². The van der Waals surface area contributed by atoms with Gasteiger partial charge in [0.1, 0.15) is 11.4 Å². The minimum Gasteiger partial charge on any atom is -0.494 e. The maximum absolute atomic E-state index is 11.8. The smallest absolute Gasteiger partial charge is 0.254 e. The van der Waals surface area contributed by atoms with Crippen LogP contribution in [0.5, 0.6) is 5.75 Å². The highest BCUT2D eigenvalue weighted by Crippen LogP contribution is 2.24. The second-order valence-corrected chi connectivity index (χ2v) is 4.02. The largest absolute Gasteiger partial charge is 0.494 e. The molecule has 2 rings (SSSR count). The average Bonchev–Trinajstić information content (AvgIpc) is 2.89. The van der Waals surface area contributed by atoms with Gasteiger partial charge in [0.25, 0.3) is 5.91 Å². The first-order valence-corrected chi connectivity index (χ1v) is 6.15. The summed E-state index contributed by atoms with van der Waals surface area (Å²) in [6.45, 7) is 2.00. The van der Waals surface area contributed by atoms with Gasteiger partial charge in [-0.3, -0.25) is 4.79 Å².